The fraction of sp³-hybridized carbons (Fsp3) is 0.250. The Kier molecular flexibility index (Phi) is 11.3. The molecule has 2 aliphatic carbocycles. The Hall–Kier alpha value is -7.82. The van der Waals surface area contributed by atoms with Crippen molar-refractivity contribution in [3.63, 3.8) is 0 Å². The van der Waals surface area contributed by atoms with E-state index in [1.54, 1.807) is 0 Å². The van der Waals surface area contributed by atoms with E-state index in [2.05, 4.69) is 281 Å². The first kappa shape index (κ1) is 47.9. The van der Waals surface area contributed by atoms with Gasteiger partial charge in [-0.3, -0.25) is 0 Å². The van der Waals surface area contributed by atoms with Gasteiger partial charge in [0.15, 0.2) is 0 Å². The van der Waals surface area contributed by atoms with Crippen molar-refractivity contribution in [1.82, 2.24) is 0 Å². The summed E-state index contributed by atoms with van der Waals surface area (Å²) in [5.74, 6) is 0. The third kappa shape index (κ3) is 7.94. The van der Waals surface area contributed by atoms with E-state index in [0.29, 0.717) is 13.3 Å². The third-order valence-electron chi connectivity index (χ3n) is 18.1. The van der Waals surface area contributed by atoms with Crippen LogP contribution in [-0.2, 0) is 21.7 Å². The average molecular weight is 991 g/mol. The first-order chi connectivity index (χ1) is 36.7. The number of para-hydroxylation sites is 6. The molecule has 2 heterocycles. The summed E-state index contributed by atoms with van der Waals surface area (Å²) in [7, 11) is 0. The lowest BCUT2D eigenvalue weighted by Crippen LogP contribution is -2.33. The summed E-state index contributed by atoms with van der Waals surface area (Å²) in [5, 5.41) is 0. The van der Waals surface area contributed by atoms with Gasteiger partial charge in [-0.05, 0) is 134 Å². The van der Waals surface area contributed by atoms with Gasteiger partial charge in [0.1, 0.15) is 13.3 Å². The molecule has 4 heteroatoms. The SMILES string of the molecule is CC1(C)CCC(C)(C)c2cc(-c3cccc(-c4ccccc4)c3N3CN(c4cccc(N5CN(c6c(-c7ccccc7)cccc6-c6ccc7c(c6)C(C)(C)CCC7(C)C)c6ccccc65)c4)c4ccccc43)ccc21. The van der Waals surface area contributed by atoms with Crippen LogP contribution in [0.1, 0.15) is 103 Å². The molecule has 13 rings (SSSR count). The Bertz CT molecular complexity index is 3460. The quantitative estimate of drug-likeness (QED) is 0.150. The molecule has 4 aliphatic rings. The van der Waals surface area contributed by atoms with E-state index < -0.39 is 0 Å². The van der Waals surface area contributed by atoms with Crippen LogP contribution < -0.4 is 19.6 Å². The Labute approximate surface area is 451 Å². The van der Waals surface area contributed by atoms with E-state index in [4.69, 9.17) is 0 Å². The van der Waals surface area contributed by atoms with E-state index in [9.17, 15) is 0 Å². The van der Waals surface area contributed by atoms with Crippen LogP contribution in [0.3, 0.4) is 0 Å². The van der Waals surface area contributed by atoms with Gasteiger partial charge < -0.3 is 19.6 Å². The van der Waals surface area contributed by atoms with Gasteiger partial charge in [-0.1, -0.05) is 219 Å². The Morgan fingerprint density at radius 3 is 0.961 bits per heavy atom. The highest BCUT2D eigenvalue weighted by Gasteiger charge is 2.40. The van der Waals surface area contributed by atoms with Crippen molar-refractivity contribution >= 4 is 45.5 Å². The van der Waals surface area contributed by atoms with Gasteiger partial charge in [0.2, 0.25) is 0 Å². The zero-order valence-corrected chi connectivity index (χ0v) is 45.7. The monoisotopic (exact) mass is 991 g/mol. The molecule has 0 spiro atoms. The molecule has 9 aromatic carbocycles. The van der Waals surface area contributed by atoms with E-state index in [0.717, 1.165) is 11.4 Å². The van der Waals surface area contributed by atoms with Crippen molar-refractivity contribution in [3.05, 3.63) is 229 Å². The van der Waals surface area contributed by atoms with Crippen molar-refractivity contribution in [2.45, 2.75) is 103 Å². The number of hydrogen-bond acceptors (Lipinski definition) is 4. The van der Waals surface area contributed by atoms with Crippen molar-refractivity contribution in [1.29, 1.82) is 0 Å². The maximum atomic E-state index is 2.58. The van der Waals surface area contributed by atoms with E-state index in [1.165, 1.54) is 127 Å². The normalized spacial score (nSPS) is 17.5. The highest BCUT2D eigenvalue weighted by atomic mass is 15.4. The van der Waals surface area contributed by atoms with Gasteiger partial charge in [0, 0.05) is 33.6 Å². The third-order valence-corrected chi connectivity index (χ3v) is 18.1. The molecule has 0 aromatic heterocycles. The molecule has 0 saturated heterocycles. The number of benzene rings is 9. The number of nitrogens with zero attached hydrogens (tertiary/aromatic N) is 4. The topological polar surface area (TPSA) is 13.0 Å². The van der Waals surface area contributed by atoms with Gasteiger partial charge in [-0.15, -0.1) is 0 Å². The molecule has 0 radical (unpaired) electrons. The molecule has 0 bridgehead atoms. The summed E-state index contributed by atoms with van der Waals surface area (Å²) in [4.78, 5) is 10.2. The second kappa shape index (κ2) is 17.9. The maximum Gasteiger partial charge on any atom is 0.100 e. The molecule has 0 N–H and O–H groups in total. The molecule has 0 atom stereocenters. The average Bonchev–Trinajstić information content (AvgIpc) is 4.05. The fourth-order valence-electron chi connectivity index (χ4n) is 13.4. The van der Waals surface area contributed by atoms with Crippen LogP contribution in [0.25, 0.3) is 44.5 Å². The summed E-state index contributed by atoms with van der Waals surface area (Å²) < 4.78 is 0. The Morgan fingerprint density at radius 1 is 0.263 bits per heavy atom. The van der Waals surface area contributed by atoms with Crippen molar-refractivity contribution < 1.29 is 0 Å². The van der Waals surface area contributed by atoms with Gasteiger partial charge in [0.25, 0.3) is 0 Å². The molecule has 4 nitrogen and oxygen atoms in total. The van der Waals surface area contributed by atoms with Gasteiger partial charge >= 0.3 is 0 Å². The minimum absolute atomic E-state index is 0.0943. The lowest BCUT2D eigenvalue weighted by Gasteiger charge is -2.42. The zero-order valence-electron chi connectivity index (χ0n) is 45.7. The number of hydrogen-bond donors (Lipinski definition) is 0. The number of anilines is 8. The standard InChI is InChI=1S/C72H70N4/c1-69(2)40-42-71(5,6)61-44-51(36-38-59(61)69)57-30-20-28-55(49-22-11-9-12-23-49)67(57)75-47-73(63-32-15-17-34-65(63)75)53-26-19-27-54(46-53)74-48-76(66-35-18-16-33-64(66)74)68-56(50-24-13-10-14-25-50)29-21-31-58(68)52-37-39-60-62(45-52)72(7,8)43-41-70(60,3)4/h9-39,44-46H,40-43,47-48H2,1-8H3. The first-order valence-electron chi connectivity index (χ1n) is 27.7. The molecule has 9 aromatic rings. The number of rotatable bonds is 8. The lowest BCUT2D eigenvalue weighted by molar-refractivity contribution is 0.332. The molecule has 76 heavy (non-hydrogen) atoms. The van der Waals surface area contributed by atoms with Crippen molar-refractivity contribution in [2.24, 2.45) is 0 Å². The minimum Gasteiger partial charge on any atom is -0.321 e. The minimum atomic E-state index is 0.0943. The molecule has 0 amide bonds. The molecule has 0 fully saturated rings. The van der Waals surface area contributed by atoms with E-state index in [1.807, 2.05) is 0 Å². The molecule has 0 saturated carbocycles. The fourth-order valence-corrected chi connectivity index (χ4v) is 13.4. The smallest absolute Gasteiger partial charge is 0.100 e. The molecule has 0 unspecified atom stereocenters. The Morgan fingerprint density at radius 2 is 0.579 bits per heavy atom. The second-order valence-electron chi connectivity index (χ2n) is 24.7. The van der Waals surface area contributed by atoms with E-state index in [-0.39, 0.29) is 21.7 Å². The van der Waals surface area contributed by atoms with Crippen LogP contribution in [0, 0.1) is 0 Å². The van der Waals surface area contributed by atoms with Crippen molar-refractivity contribution in [2.75, 3.05) is 32.9 Å². The second-order valence-corrected chi connectivity index (χ2v) is 24.7. The summed E-state index contributed by atoms with van der Waals surface area (Å²) in [6.07, 6.45) is 4.75. The van der Waals surface area contributed by atoms with Crippen LogP contribution >= 0.6 is 0 Å². The number of fused-ring (bicyclic) bond motifs is 4. The van der Waals surface area contributed by atoms with Crippen LogP contribution in [0.15, 0.2) is 206 Å². The highest BCUT2D eigenvalue weighted by molar-refractivity contribution is 6.01. The van der Waals surface area contributed by atoms with Crippen LogP contribution in [0.2, 0.25) is 0 Å². The van der Waals surface area contributed by atoms with Gasteiger partial charge in [-0.25, -0.2) is 0 Å². The summed E-state index contributed by atoms with van der Waals surface area (Å²) in [5.41, 5.74) is 25.9. The summed E-state index contributed by atoms with van der Waals surface area (Å²) in [6.45, 7) is 20.7. The van der Waals surface area contributed by atoms with Crippen LogP contribution in [-0.4, -0.2) is 13.3 Å². The Balaban J connectivity index is 0.909. The largest absolute Gasteiger partial charge is 0.321 e. The highest BCUT2D eigenvalue weighted by Crippen LogP contribution is 2.55. The predicted octanol–water partition coefficient (Wildman–Crippen LogP) is 19.5. The van der Waals surface area contributed by atoms with Crippen LogP contribution in [0.5, 0.6) is 0 Å². The maximum absolute atomic E-state index is 2.58. The first-order valence-corrected chi connectivity index (χ1v) is 27.7. The molecular weight excluding hydrogens is 921 g/mol. The van der Waals surface area contributed by atoms with E-state index >= 15 is 0 Å². The lowest BCUT2D eigenvalue weighted by atomic mass is 9.63. The predicted molar refractivity (Wildman–Crippen MR) is 323 cm³/mol. The summed E-state index contributed by atoms with van der Waals surface area (Å²) in [6, 6.07) is 77.8. The molecule has 378 valence electrons. The zero-order chi connectivity index (χ0) is 52.1. The van der Waals surface area contributed by atoms with Gasteiger partial charge in [0.05, 0.1) is 34.1 Å². The van der Waals surface area contributed by atoms with Gasteiger partial charge in [-0.2, -0.15) is 0 Å². The molecule has 2 aliphatic heterocycles. The molecular formula is C72H70N4. The summed E-state index contributed by atoms with van der Waals surface area (Å²) >= 11 is 0. The van der Waals surface area contributed by atoms with Crippen LogP contribution in [0.4, 0.5) is 45.5 Å². The van der Waals surface area contributed by atoms with Crippen molar-refractivity contribution in [3.8, 4) is 44.5 Å².